The highest BCUT2D eigenvalue weighted by Gasteiger charge is 2.23. The number of amides is 1. The lowest BCUT2D eigenvalue weighted by atomic mass is 10.2. The first-order valence-corrected chi connectivity index (χ1v) is 14.0. The van der Waals surface area contributed by atoms with E-state index in [4.69, 9.17) is 9.47 Å². The number of nitrogens with zero attached hydrogens (tertiary/aromatic N) is 3. The van der Waals surface area contributed by atoms with Crippen LogP contribution in [0.5, 0.6) is 5.75 Å². The molecule has 0 atom stereocenters. The molecule has 0 unspecified atom stereocenters. The van der Waals surface area contributed by atoms with Crippen molar-refractivity contribution in [1.82, 2.24) is 8.87 Å². The number of methoxy groups -OCH3 is 1. The Labute approximate surface area is 215 Å². The van der Waals surface area contributed by atoms with Crippen molar-refractivity contribution in [1.29, 1.82) is 0 Å². The van der Waals surface area contributed by atoms with Crippen LogP contribution >= 0.6 is 11.3 Å². The van der Waals surface area contributed by atoms with Crippen LogP contribution in [0, 0.1) is 0 Å². The van der Waals surface area contributed by atoms with Gasteiger partial charge in [-0.25, -0.2) is 8.42 Å². The lowest BCUT2D eigenvalue weighted by molar-refractivity contribution is -0.141. The number of aromatic nitrogens is 1. The minimum Gasteiger partial charge on any atom is -0.492 e. The number of ether oxygens (including phenoxy) is 2. The van der Waals surface area contributed by atoms with Gasteiger partial charge in [0.15, 0.2) is 4.80 Å². The molecular weight excluding hydrogens is 502 g/mol. The fourth-order valence-corrected chi connectivity index (χ4v) is 6.18. The van der Waals surface area contributed by atoms with E-state index in [2.05, 4.69) is 4.99 Å². The van der Waals surface area contributed by atoms with E-state index >= 15 is 0 Å². The Morgan fingerprint density at radius 1 is 1.08 bits per heavy atom. The van der Waals surface area contributed by atoms with E-state index in [0.29, 0.717) is 35.8 Å². The molecule has 36 heavy (non-hydrogen) atoms. The number of rotatable bonds is 11. The third kappa shape index (κ3) is 6.03. The number of esters is 1. The van der Waals surface area contributed by atoms with Gasteiger partial charge in [0.25, 0.3) is 5.91 Å². The Morgan fingerprint density at radius 3 is 2.42 bits per heavy atom. The first-order chi connectivity index (χ1) is 17.3. The van der Waals surface area contributed by atoms with Crippen molar-refractivity contribution in [3.8, 4) is 5.75 Å². The van der Waals surface area contributed by atoms with Crippen molar-refractivity contribution in [3.63, 3.8) is 0 Å². The van der Waals surface area contributed by atoms with Gasteiger partial charge in [-0.15, -0.1) is 0 Å². The largest absolute Gasteiger partial charge is 0.492 e. The number of hydrogen-bond acceptors (Lipinski definition) is 7. The molecule has 3 aromatic rings. The first kappa shape index (κ1) is 27.6. The molecule has 1 heterocycles. The van der Waals surface area contributed by atoms with Gasteiger partial charge in [0.05, 0.1) is 23.3 Å². The summed E-state index contributed by atoms with van der Waals surface area (Å²) in [4.78, 5) is 29.8. The molecule has 0 saturated heterocycles. The molecule has 194 valence electrons. The van der Waals surface area contributed by atoms with Gasteiger partial charge < -0.3 is 14.0 Å². The summed E-state index contributed by atoms with van der Waals surface area (Å²) < 4.78 is 40.3. The molecular formula is C25H31N3O6S2. The van der Waals surface area contributed by atoms with Crippen LogP contribution in [0.3, 0.4) is 0 Å². The zero-order chi connectivity index (χ0) is 26.3. The molecule has 0 aliphatic carbocycles. The van der Waals surface area contributed by atoms with E-state index in [9.17, 15) is 18.0 Å². The Morgan fingerprint density at radius 2 is 1.81 bits per heavy atom. The van der Waals surface area contributed by atoms with Crippen LogP contribution in [-0.2, 0) is 26.1 Å². The second-order valence-electron chi connectivity index (χ2n) is 7.87. The third-order valence-electron chi connectivity index (χ3n) is 5.53. The van der Waals surface area contributed by atoms with E-state index in [0.717, 1.165) is 17.5 Å². The second kappa shape index (κ2) is 12.3. The number of benzene rings is 2. The van der Waals surface area contributed by atoms with Gasteiger partial charge in [0.1, 0.15) is 17.8 Å². The van der Waals surface area contributed by atoms with Gasteiger partial charge in [0, 0.05) is 18.7 Å². The van der Waals surface area contributed by atoms with E-state index in [1.807, 2.05) is 26.0 Å². The molecule has 0 aliphatic heterocycles. The summed E-state index contributed by atoms with van der Waals surface area (Å²) >= 11 is 1.25. The quantitative estimate of drug-likeness (QED) is 0.347. The fraction of sp³-hybridized carbons (Fsp3) is 0.400. The topological polar surface area (TPSA) is 107 Å². The molecule has 0 fully saturated rings. The average molecular weight is 534 g/mol. The van der Waals surface area contributed by atoms with E-state index in [-0.39, 0.29) is 17.0 Å². The smallest absolute Gasteiger partial charge is 0.325 e. The van der Waals surface area contributed by atoms with E-state index in [1.54, 1.807) is 17.6 Å². The normalized spacial score (nSPS) is 12.3. The van der Waals surface area contributed by atoms with Gasteiger partial charge in [-0.3, -0.25) is 9.59 Å². The summed E-state index contributed by atoms with van der Waals surface area (Å²) in [5.74, 6) is -0.476. The predicted octanol–water partition coefficient (Wildman–Crippen LogP) is 3.83. The highest BCUT2D eigenvalue weighted by Crippen LogP contribution is 2.28. The Kier molecular flexibility index (Phi) is 9.41. The van der Waals surface area contributed by atoms with Gasteiger partial charge in [-0.05, 0) is 49.7 Å². The van der Waals surface area contributed by atoms with Crippen LogP contribution in [0.1, 0.15) is 44.0 Å². The van der Waals surface area contributed by atoms with Gasteiger partial charge in [-0.2, -0.15) is 9.30 Å². The van der Waals surface area contributed by atoms with Gasteiger partial charge in [-0.1, -0.05) is 37.7 Å². The SMILES string of the molecule is CCCCN(CC)S(=O)(=O)c1ccc(C(=O)N=c2sc3cccc(OCC)c3n2CC(=O)OC)cc1. The van der Waals surface area contributed by atoms with E-state index < -0.39 is 21.9 Å². The summed E-state index contributed by atoms with van der Waals surface area (Å²) in [5, 5.41) is 0. The maximum Gasteiger partial charge on any atom is 0.325 e. The standard InChI is InChI=1S/C25H31N3O6S2/c1-5-8-16-27(6-2)36(31,32)19-14-12-18(13-15-19)24(30)26-25-28(17-22(29)33-4)23-20(34-7-3)10-9-11-21(23)35-25/h9-15H,5-8,16-17H2,1-4H3. The second-order valence-corrected chi connectivity index (χ2v) is 10.8. The molecule has 2 aromatic carbocycles. The summed E-state index contributed by atoms with van der Waals surface area (Å²) in [6, 6.07) is 11.2. The molecule has 11 heteroatoms. The highest BCUT2D eigenvalue weighted by molar-refractivity contribution is 7.89. The maximum atomic E-state index is 13.0. The molecule has 1 aromatic heterocycles. The summed E-state index contributed by atoms with van der Waals surface area (Å²) in [7, 11) is -2.36. The number of para-hydroxylation sites is 1. The number of sulfonamides is 1. The lowest BCUT2D eigenvalue weighted by Gasteiger charge is -2.20. The van der Waals surface area contributed by atoms with Crippen molar-refractivity contribution in [2.75, 3.05) is 26.8 Å². The molecule has 0 aliphatic rings. The Hall–Kier alpha value is -3.02. The van der Waals surface area contributed by atoms with Crippen molar-refractivity contribution in [2.24, 2.45) is 4.99 Å². The summed E-state index contributed by atoms with van der Waals surface area (Å²) in [6.07, 6.45) is 1.66. The Balaban J connectivity index is 2.00. The third-order valence-corrected chi connectivity index (χ3v) is 8.56. The minimum atomic E-state index is -3.65. The Bertz CT molecular complexity index is 1390. The molecule has 1 amide bonds. The first-order valence-electron chi connectivity index (χ1n) is 11.8. The van der Waals surface area contributed by atoms with Crippen LogP contribution in [0.15, 0.2) is 52.4 Å². The molecule has 0 saturated carbocycles. The monoisotopic (exact) mass is 533 g/mol. The van der Waals surface area contributed by atoms with Crippen LogP contribution in [0.25, 0.3) is 10.2 Å². The van der Waals surface area contributed by atoms with Gasteiger partial charge >= 0.3 is 5.97 Å². The lowest BCUT2D eigenvalue weighted by Crippen LogP contribution is -2.31. The number of hydrogen-bond donors (Lipinski definition) is 0. The van der Waals surface area contributed by atoms with Crippen molar-refractivity contribution in [2.45, 2.75) is 45.1 Å². The molecule has 9 nitrogen and oxygen atoms in total. The van der Waals surface area contributed by atoms with Gasteiger partial charge in [0.2, 0.25) is 10.0 Å². The maximum absolute atomic E-state index is 13.0. The van der Waals surface area contributed by atoms with Crippen molar-refractivity contribution in [3.05, 3.63) is 52.8 Å². The predicted molar refractivity (Wildman–Crippen MR) is 139 cm³/mol. The number of carbonyl (C=O) groups is 2. The van der Waals surface area contributed by atoms with E-state index in [1.165, 1.54) is 47.0 Å². The minimum absolute atomic E-state index is 0.126. The average Bonchev–Trinajstić information content (AvgIpc) is 3.21. The number of thiazole rings is 1. The molecule has 0 bridgehead atoms. The fourth-order valence-electron chi connectivity index (χ4n) is 3.65. The van der Waals surface area contributed by atoms with Crippen molar-refractivity contribution < 1.29 is 27.5 Å². The zero-order valence-corrected chi connectivity index (χ0v) is 22.5. The summed E-state index contributed by atoms with van der Waals surface area (Å²) in [5.41, 5.74) is 0.882. The van der Waals surface area contributed by atoms with Crippen LogP contribution < -0.4 is 9.54 Å². The number of fused-ring (bicyclic) bond motifs is 1. The molecule has 0 N–H and O–H groups in total. The summed E-state index contributed by atoms with van der Waals surface area (Å²) in [6.45, 7) is 6.77. The van der Waals surface area contributed by atoms with Crippen LogP contribution in [-0.4, -0.2) is 56.0 Å². The molecule has 0 radical (unpaired) electrons. The highest BCUT2D eigenvalue weighted by atomic mass is 32.2. The van der Waals surface area contributed by atoms with Crippen LogP contribution in [0.4, 0.5) is 0 Å². The number of unbranched alkanes of at least 4 members (excludes halogenated alkanes) is 1. The number of carbonyl (C=O) groups excluding carboxylic acids is 2. The molecule has 3 rings (SSSR count). The van der Waals surface area contributed by atoms with Crippen LogP contribution in [0.2, 0.25) is 0 Å². The zero-order valence-electron chi connectivity index (χ0n) is 20.9. The molecule has 0 spiro atoms. The van der Waals surface area contributed by atoms with Crippen molar-refractivity contribution >= 4 is 43.5 Å².